The van der Waals surface area contributed by atoms with Crippen LogP contribution in [0, 0.1) is 0 Å². The summed E-state index contributed by atoms with van der Waals surface area (Å²) in [5.41, 5.74) is -0.186. The van der Waals surface area contributed by atoms with Gasteiger partial charge in [0.15, 0.2) is 5.65 Å². The van der Waals surface area contributed by atoms with Gasteiger partial charge in [-0.05, 0) is 19.1 Å². The van der Waals surface area contributed by atoms with Crippen LogP contribution in [0.25, 0.3) is 5.65 Å². The Morgan fingerprint density at radius 3 is 3.05 bits per heavy atom. The smallest absolute Gasteiger partial charge is 0.345 e. The summed E-state index contributed by atoms with van der Waals surface area (Å²) >= 11 is 1.16. The highest BCUT2D eigenvalue weighted by atomic mass is 32.2. The number of hydrogen-bond donors (Lipinski definition) is 1. The zero-order valence-corrected chi connectivity index (χ0v) is 11.0. The molecule has 0 atom stereocenters. The van der Waals surface area contributed by atoms with Crippen molar-refractivity contribution in [1.82, 2.24) is 9.38 Å². The summed E-state index contributed by atoms with van der Waals surface area (Å²) in [4.78, 5) is 28.5. The van der Waals surface area contributed by atoms with Gasteiger partial charge in [0.1, 0.15) is 5.56 Å². The lowest BCUT2D eigenvalue weighted by Crippen LogP contribution is -2.24. The fourth-order valence-electron chi connectivity index (χ4n) is 1.61. The normalized spacial score (nSPS) is 10.6. The van der Waals surface area contributed by atoms with Crippen LogP contribution in [0.15, 0.2) is 34.2 Å². The standard InChI is InChI=1S/C12H12N2O4S/c1-2-18-12(17)8-6-13-10-9(19-7-15)4-3-5-14(10)11(8)16/h3-6,15H,2,7H2,1H3. The van der Waals surface area contributed by atoms with Gasteiger partial charge in [0.2, 0.25) is 0 Å². The van der Waals surface area contributed by atoms with Crippen molar-refractivity contribution in [1.29, 1.82) is 0 Å². The second-order valence-electron chi connectivity index (χ2n) is 3.54. The fraction of sp³-hybridized carbons (Fsp3) is 0.250. The van der Waals surface area contributed by atoms with Crippen LogP contribution in [0.4, 0.5) is 0 Å². The molecule has 6 nitrogen and oxygen atoms in total. The zero-order valence-electron chi connectivity index (χ0n) is 10.2. The number of fused-ring (bicyclic) bond motifs is 1. The number of aromatic nitrogens is 2. The van der Waals surface area contributed by atoms with Crippen molar-refractivity contribution in [2.45, 2.75) is 11.8 Å². The molecule has 0 saturated carbocycles. The van der Waals surface area contributed by atoms with Gasteiger partial charge in [-0.25, -0.2) is 9.78 Å². The van der Waals surface area contributed by atoms with Crippen LogP contribution >= 0.6 is 11.8 Å². The number of aliphatic hydroxyl groups excluding tert-OH is 1. The van der Waals surface area contributed by atoms with Crippen molar-refractivity contribution in [2.24, 2.45) is 0 Å². The van der Waals surface area contributed by atoms with Gasteiger partial charge >= 0.3 is 5.97 Å². The van der Waals surface area contributed by atoms with Gasteiger partial charge in [0.05, 0.1) is 17.4 Å². The number of carbonyl (C=O) groups is 1. The van der Waals surface area contributed by atoms with E-state index in [0.717, 1.165) is 11.8 Å². The molecular formula is C12H12N2O4S. The number of nitrogens with zero attached hydrogens (tertiary/aromatic N) is 2. The Morgan fingerprint density at radius 1 is 1.58 bits per heavy atom. The Bertz CT molecular complexity index is 668. The van der Waals surface area contributed by atoms with Gasteiger partial charge in [-0.2, -0.15) is 0 Å². The third-order valence-corrected chi connectivity index (χ3v) is 3.17. The fourth-order valence-corrected chi connectivity index (χ4v) is 2.21. The van der Waals surface area contributed by atoms with E-state index in [1.165, 1.54) is 16.8 Å². The van der Waals surface area contributed by atoms with Crippen LogP contribution in [0.1, 0.15) is 17.3 Å². The van der Waals surface area contributed by atoms with Gasteiger partial charge in [-0.15, -0.1) is 0 Å². The van der Waals surface area contributed by atoms with E-state index >= 15 is 0 Å². The molecule has 0 amide bonds. The Morgan fingerprint density at radius 2 is 2.37 bits per heavy atom. The third-order valence-electron chi connectivity index (χ3n) is 2.41. The van der Waals surface area contributed by atoms with Gasteiger partial charge < -0.3 is 9.84 Å². The van der Waals surface area contributed by atoms with Gasteiger partial charge in [-0.1, -0.05) is 11.8 Å². The highest BCUT2D eigenvalue weighted by Crippen LogP contribution is 2.20. The molecule has 0 aromatic carbocycles. The summed E-state index contributed by atoms with van der Waals surface area (Å²) in [6, 6.07) is 3.40. The minimum absolute atomic E-state index is 0.106. The van der Waals surface area contributed by atoms with E-state index in [1.54, 1.807) is 19.1 Å². The highest BCUT2D eigenvalue weighted by molar-refractivity contribution is 7.99. The molecule has 2 heterocycles. The first-order valence-electron chi connectivity index (χ1n) is 5.60. The number of thioether (sulfide) groups is 1. The summed E-state index contributed by atoms with van der Waals surface area (Å²) in [7, 11) is 0. The minimum atomic E-state index is -0.686. The molecule has 1 N–H and O–H groups in total. The Labute approximate surface area is 113 Å². The summed E-state index contributed by atoms with van der Waals surface area (Å²) in [5.74, 6) is -0.801. The minimum Gasteiger partial charge on any atom is -0.462 e. The van der Waals surface area contributed by atoms with Crippen LogP contribution in [0.5, 0.6) is 0 Å². The maximum Gasteiger partial charge on any atom is 0.345 e. The topological polar surface area (TPSA) is 80.9 Å². The van der Waals surface area contributed by atoms with Crippen LogP contribution in [-0.2, 0) is 4.74 Å². The number of ether oxygens (including phenoxy) is 1. The lowest BCUT2D eigenvalue weighted by molar-refractivity contribution is 0.0523. The SMILES string of the molecule is CCOC(=O)c1cnc2c(SCO)cccn2c1=O. The van der Waals surface area contributed by atoms with Crippen molar-refractivity contribution in [3.05, 3.63) is 40.4 Å². The van der Waals surface area contributed by atoms with E-state index < -0.39 is 11.5 Å². The first-order chi connectivity index (χ1) is 9.19. The maximum absolute atomic E-state index is 12.2. The molecule has 100 valence electrons. The summed E-state index contributed by atoms with van der Waals surface area (Å²) in [6.07, 6.45) is 2.73. The van der Waals surface area contributed by atoms with Crippen LogP contribution < -0.4 is 5.56 Å². The van der Waals surface area contributed by atoms with E-state index in [-0.39, 0.29) is 18.1 Å². The van der Waals surface area contributed by atoms with Gasteiger partial charge in [-0.3, -0.25) is 9.20 Å². The maximum atomic E-state index is 12.2. The van der Waals surface area contributed by atoms with Crippen LogP contribution in [0.2, 0.25) is 0 Å². The Balaban J connectivity index is 2.60. The lowest BCUT2D eigenvalue weighted by atomic mass is 10.3. The van der Waals surface area contributed by atoms with Crippen LogP contribution in [-0.4, -0.2) is 33.0 Å². The van der Waals surface area contributed by atoms with E-state index in [9.17, 15) is 9.59 Å². The largest absolute Gasteiger partial charge is 0.462 e. The zero-order chi connectivity index (χ0) is 13.8. The number of rotatable bonds is 4. The van der Waals surface area contributed by atoms with Gasteiger partial charge in [0.25, 0.3) is 5.56 Å². The highest BCUT2D eigenvalue weighted by Gasteiger charge is 2.15. The molecular weight excluding hydrogens is 268 g/mol. The summed E-state index contributed by atoms with van der Waals surface area (Å²) in [6.45, 7) is 1.86. The van der Waals surface area contributed by atoms with Gasteiger partial charge in [0, 0.05) is 12.4 Å². The van der Waals surface area contributed by atoms with Crippen molar-refractivity contribution >= 4 is 23.4 Å². The van der Waals surface area contributed by atoms with E-state index in [2.05, 4.69) is 4.98 Å². The molecule has 0 spiro atoms. The molecule has 2 rings (SSSR count). The number of carbonyl (C=O) groups excluding carboxylic acids is 1. The van der Waals surface area contributed by atoms with Crippen molar-refractivity contribution in [3.63, 3.8) is 0 Å². The second-order valence-corrected chi connectivity index (χ2v) is 4.52. The summed E-state index contributed by atoms with van der Waals surface area (Å²) < 4.78 is 6.07. The van der Waals surface area contributed by atoms with Crippen molar-refractivity contribution in [3.8, 4) is 0 Å². The third kappa shape index (κ3) is 2.61. The van der Waals surface area contributed by atoms with Crippen molar-refractivity contribution < 1.29 is 14.6 Å². The Kier molecular flexibility index (Phi) is 4.18. The number of pyridine rings is 1. The van der Waals surface area contributed by atoms with Crippen LogP contribution in [0.3, 0.4) is 0 Å². The van der Waals surface area contributed by atoms with E-state index in [1.807, 2.05) is 0 Å². The first-order valence-corrected chi connectivity index (χ1v) is 6.58. The molecule has 0 bridgehead atoms. The second kappa shape index (κ2) is 5.85. The number of esters is 1. The molecule has 0 aliphatic heterocycles. The first kappa shape index (κ1) is 13.6. The molecule has 0 unspecified atom stereocenters. The Hall–Kier alpha value is -1.86. The molecule has 0 fully saturated rings. The van der Waals surface area contributed by atoms with E-state index in [4.69, 9.17) is 9.84 Å². The molecule has 0 saturated heterocycles. The molecule has 19 heavy (non-hydrogen) atoms. The molecule has 2 aromatic heterocycles. The van der Waals surface area contributed by atoms with Crippen molar-refractivity contribution in [2.75, 3.05) is 12.5 Å². The molecule has 2 aromatic rings. The molecule has 7 heteroatoms. The predicted molar refractivity (Wildman–Crippen MR) is 70.4 cm³/mol. The quantitative estimate of drug-likeness (QED) is 0.509. The summed E-state index contributed by atoms with van der Waals surface area (Å²) in [5, 5.41) is 8.93. The molecule has 0 radical (unpaired) electrons. The molecule has 0 aliphatic rings. The monoisotopic (exact) mass is 280 g/mol. The average molecular weight is 280 g/mol. The number of aliphatic hydroxyl groups is 1. The molecule has 0 aliphatic carbocycles. The number of hydrogen-bond acceptors (Lipinski definition) is 6. The lowest BCUT2D eigenvalue weighted by Gasteiger charge is -2.06. The average Bonchev–Trinajstić information content (AvgIpc) is 2.40. The van der Waals surface area contributed by atoms with E-state index in [0.29, 0.717) is 10.5 Å². The predicted octanol–water partition coefficient (Wildman–Crippen LogP) is 0.913.